The number of rotatable bonds is 4. The largest absolute Gasteiger partial charge is 0.493 e. The molecular weight excluding hydrogens is 327 g/mol. The molecule has 2 aromatic rings. The van der Waals surface area contributed by atoms with Gasteiger partial charge in [0, 0.05) is 19.0 Å². The number of nitrogens with zero attached hydrogens (tertiary/aromatic N) is 2. The third-order valence-electron chi connectivity index (χ3n) is 4.20. The molecule has 1 saturated heterocycles. The van der Waals surface area contributed by atoms with Crippen molar-refractivity contribution in [3.05, 3.63) is 45.7 Å². The van der Waals surface area contributed by atoms with Gasteiger partial charge in [0.15, 0.2) is 0 Å². The van der Waals surface area contributed by atoms with Crippen molar-refractivity contribution in [1.29, 1.82) is 0 Å². The summed E-state index contributed by atoms with van der Waals surface area (Å²) in [6.45, 7) is 5.81. The number of aromatic nitrogens is 1. The smallest absolute Gasteiger partial charge is 0.265 e. The van der Waals surface area contributed by atoms with Crippen molar-refractivity contribution in [1.82, 2.24) is 9.88 Å². The van der Waals surface area contributed by atoms with Crippen LogP contribution in [0.2, 0.25) is 0 Å². The highest BCUT2D eigenvalue weighted by molar-refractivity contribution is 7.13. The number of hydrogen-bond donors (Lipinski definition) is 0. The molecule has 1 aliphatic heterocycles. The molecule has 0 bridgehead atoms. The Kier molecular flexibility index (Phi) is 5.14. The van der Waals surface area contributed by atoms with Crippen LogP contribution in [0.1, 0.15) is 33.2 Å². The molecule has 1 aromatic heterocycles. The number of benzene rings is 1. The maximum Gasteiger partial charge on any atom is 0.265 e. The van der Waals surface area contributed by atoms with E-state index in [-0.39, 0.29) is 11.7 Å². The average Bonchev–Trinajstić information content (AvgIpc) is 2.92. The van der Waals surface area contributed by atoms with Crippen LogP contribution in [0.5, 0.6) is 5.75 Å². The van der Waals surface area contributed by atoms with Gasteiger partial charge < -0.3 is 9.64 Å². The van der Waals surface area contributed by atoms with Crippen molar-refractivity contribution < 1.29 is 13.9 Å². The van der Waals surface area contributed by atoms with Crippen LogP contribution >= 0.6 is 11.3 Å². The fourth-order valence-electron chi connectivity index (χ4n) is 3.00. The van der Waals surface area contributed by atoms with Crippen LogP contribution in [-0.4, -0.2) is 35.5 Å². The van der Waals surface area contributed by atoms with Crippen LogP contribution in [0.15, 0.2) is 24.3 Å². The van der Waals surface area contributed by atoms with E-state index in [1.165, 1.54) is 23.5 Å². The van der Waals surface area contributed by atoms with Crippen LogP contribution in [0, 0.1) is 25.6 Å². The van der Waals surface area contributed by atoms with E-state index >= 15 is 0 Å². The first kappa shape index (κ1) is 16.9. The van der Waals surface area contributed by atoms with E-state index in [9.17, 15) is 9.18 Å². The first-order valence-electron chi connectivity index (χ1n) is 8.14. The monoisotopic (exact) mass is 348 g/mol. The second-order valence-corrected chi connectivity index (χ2v) is 7.37. The molecule has 1 atom stereocenters. The summed E-state index contributed by atoms with van der Waals surface area (Å²) in [4.78, 5) is 19.7. The Hall–Kier alpha value is -1.95. The molecule has 0 saturated carbocycles. The highest BCUT2D eigenvalue weighted by atomic mass is 32.1. The van der Waals surface area contributed by atoms with Gasteiger partial charge in [-0.1, -0.05) is 0 Å². The zero-order valence-corrected chi connectivity index (χ0v) is 14.7. The van der Waals surface area contributed by atoms with E-state index in [4.69, 9.17) is 4.74 Å². The minimum atomic E-state index is -0.271. The number of carbonyl (C=O) groups excluding carboxylic acids is 1. The molecule has 0 aliphatic carbocycles. The fraction of sp³-hybridized carbons (Fsp3) is 0.444. The predicted molar refractivity (Wildman–Crippen MR) is 92.1 cm³/mol. The number of amides is 1. The van der Waals surface area contributed by atoms with Crippen molar-refractivity contribution >= 4 is 17.2 Å². The standard InChI is InChI=1S/C18H21FN2O2S/c1-12-17(24-13(2)20-12)18(22)21-9-3-4-14(10-21)11-23-16-7-5-15(19)6-8-16/h5-8,14H,3-4,9-11H2,1-2H3. The lowest BCUT2D eigenvalue weighted by molar-refractivity contribution is 0.0637. The number of halogens is 1. The van der Waals surface area contributed by atoms with E-state index in [1.807, 2.05) is 18.7 Å². The zero-order chi connectivity index (χ0) is 17.1. The van der Waals surface area contributed by atoms with Crippen molar-refractivity contribution in [2.24, 2.45) is 5.92 Å². The van der Waals surface area contributed by atoms with E-state index < -0.39 is 0 Å². The van der Waals surface area contributed by atoms with Crippen molar-refractivity contribution in [3.8, 4) is 5.75 Å². The van der Waals surface area contributed by atoms with Gasteiger partial charge in [-0.25, -0.2) is 9.37 Å². The molecule has 0 spiro atoms. The van der Waals surface area contributed by atoms with Crippen LogP contribution in [-0.2, 0) is 0 Å². The topological polar surface area (TPSA) is 42.4 Å². The van der Waals surface area contributed by atoms with Gasteiger partial charge in [0.05, 0.1) is 17.3 Å². The van der Waals surface area contributed by atoms with Gasteiger partial charge in [0.25, 0.3) is 5.91 Å². The highest BCUT2D eigenvalue weighted by Crippen LogP contribution is 2.24. The molecule has 0 radical (unpaired) electrons. The Balaban J connectivity index is 1.58. The molecule has 1 aliphatic rings. The lowest BCUT2D eigenvalue weighted by Crippen LogP contribution is -2.41. The maximum atomic E-state index is 12.9. The van der Waals surface area contributed by atoms with Gasteiger partial charge in [-0.2, -0.15) is 0 Å². The van der Waals surface area contributed by atoms with Gasteiger partial charge in [-0.3, -0.25) is 4.79 Å². The van der Waals surface area contributed by atoms with Gasteiger partial charge in [0.2, 0.25) is 0 Å². The number of likely N-dealkylation sites (tertiary alicyclic amines) is 1. The van der Waals surface area contributed by atoms with Gasteiger partial charge in [-0.15, -0.1) is 11.3 Å². The molecule has 3 rings (SSSR count). The zero-order valence-electron chi connectivity index (χ0n) is 13.9. The minimum absolute atomic E-state index is 0.0737. The molecule has 24 heavy (non-hydrogen) atoms. The Morgan fingerprint density at radius 3 is 2.79 bits per heavy atom. The van der Waals surface area contributed by atoms with Crippen LogP contribution in [0.4, 0.5) is 4.39 Å². The quantitative estimate of drug-likeness (QED) is 0.843. The molecule has 4 nitrogen and oxygen atoms in total. The first-order valence-corrected chi connectivity index (χ1v) is 8.96. The third-order valence-corrected chi connectivity index (χ3v) is 5.26. The fourth-order valence-corrected chi connectivity index (χ4v) is 3.89. The molecule has 1 unspecified atom stereocenters. The van der Waals surface area contributed by atoms with E-state index in [0.29, 0.717) is 24.8 Å². The molecule has 1 aromatic carbocycles. The molecule has 6 heteroatoms. The van der Waals surface area contributed by atoms with E-state index in [1.54, 1.807) is 12.1 Å². The summed E-state index contributed by atoms with van der Waals surface area (Å²) in [5.41, 5.74) is 0.812. The Labute approximate surface area is 145 Å². The molecule has 1 amide bonds. The summed E-state index contributed by atoms with van der Waals surface area (Å²) in [5, 5.41) is 0.920. The van der Waals surface area contributed by atoms with Crippen LogP contribution < -0.4 is 4.74 Å². The molecule has 1 fully saturated rings. The molecule has 128 valence electrons. The number of thiazole rings is 1. The minimum Gasteiger partial charge on any atom is -0.493 e. The summed E-state index contributed by atoms with van der Waals surface area (Å²) in [5.74, 6) is 0.757. The number of carbonyl (C=O) groups is 1. The molecule has 2 heterocycles. The van der Waals surface area contributed by atoms with Crippen molar-refractivity contribution in [3.63, 3.8) is 0 Å². The first-order chi connectivity index (χ1) is 11.5. The van der Waals surface area contributed by atoms with Gasteiger partial charge >= 0.3 is 0 Å². The summed E-state index contributed by atoms with van der Waals surface area (Å²) in [7, 11) is 0. The summed E-state index contributed by atoms with van der Waals surface area (Å²) in [6.07, 6.45) is 2.01. The second-order valence-electron chi connectivity index (χ2n) is 6.17. The van der Waals surface area contributed by atoms with Crippen LogP contribution in [0.3, 0.4) is 0 Å². The van der Waals surface area contributed by atoms with Crippen LogP contribution in [0.25, 0.3) is 0 Å². The lowest BCUT2D eigenvalue weighted by atomic mass is 9.98. The van der Waals surface area contributed by atoms with Crippen molar-refractivity contribution in [2.45, 2.75) is 26.7 Å². The van der Waals surface area contributed by atoms with E-state index in [2.05, 4.69) is 4.98 Å². The Bertz CT molecular complexity index is 714. The number of ether oxygens (including phenoxy) is 1. The SMILES string of the molecule is Cc1nc(C)c(C(=O)N2CCCC(COc3ccc(F)cc3)C2)s1. The summed E-state index contributed by atoms with van der Waals surface area (Å²) in [6, 6.07) is 6.04. The third kappa shape index (κ3) is 3.93. The number of piperidine rings is 1. The van der Waals surface area contributed by atoms with Crippen molar-refractivity contribution in [2.75, 3.05) is 19.7 Å². The number of aryl methyl sites for hydroxylation is 2. The molecular formula is C18H21FN2O2S. The van der Waals surface area contributed by atoms with Gasteiger partial charge in [-0.05, 0) is 51.0 Å². The highest BCUT2D eigenvalue weighted by Gasteiger charge is 2.27. The lowest BCUT2D eigenvalue weighted by Gasteiger charge is -2.32. The predicted octanol–water partition coefficient (Wildman–Crippen LogP) is 3.83. The average molecular weight is 348 g/mol. The Morgan fingerprint density at radius 2 is 2.12 bits per heavy atom. The van der Waals surface area contributed by atoms with Gasteiger partial charge in [0.1, 0.15) is 16.4 Å². The Morgan fingerprint density at radius 1 is 1.38 bits per heavy atom. The second kappa shape index (κ2) is 7.30. The normalized spacial score (nSPS) is 17.8. The summed E-state index contributed by atoms with van der Waals surface area (Å²) < 4.78 is 18.7. The maximum absolute atomic E-state index is 12.9. The summed E-state index contributed by atoms with van der Waals surface area (Å²) >= 11 is 1.46. The molecule has 0 N–H and O–H groups in total. The number of hydrogen-bond acceptors (Lipinski definition) is 4. The van der Waals surface area contributed by atoms with E-state index in [0.717, 1.165) is 35.0 Å².